The summed E-state index contributed by atoms with van der Waals surface area (Å²) in [5.41, 5.74) is 1.97. The van der Waals surface area contributed by atoms with E-state index in [-0.39, 0.29) is 72.3 Å². The van der Waals surface area contributed by atoms with E-state index < -0.39 is 84.1 Å². The number of anilines is 1. The molecule has 2 aromatic rings. The molecule has 0 aromatic carbocycles. The average Bonchev–Trinajstić information content (AvgIpc) is 3.73. The van der Waals surface area contributed by atoms with Crippen LogP contribution in [-0.4, -0.2) is 122 Å². The fourth-order valence-corrected chi connectivity index (χ4v) is 9.71. The minimum atomic E-state index is -5.95. The van der Waals surface area contributed by atoms with Gasteiger partial charge in [0.1, 0.15) is 42.9 Å². The Morgan fingerprint density at radius 3 is 2.40 bits per heavy atom. The van der Waals surface area contributed by atoms with E-state index in [0.717, 1.165) is 61.1 Å². The number of carbonyl (C=O) groups is 4. The van der Waals surface area contributed by atoms with Crippen LogP contribution in [0.5, 0.6) is 0 Å². The summed E-state index contributed by atoms with van der Waals surface area (Å²) in [6.07, 6.45) is -1.43. The molecule has 1 saturated carbocycles. The first-order chi connectivity index (χ1) is 28.8. The smallest absolute Gasteiger partial charge is 0.274 e. The number of hydrogen-bond acceptors (Lipinski definition) is 24. The monoisotopic (exact) mass is 959 g/mol. The van der Waals surface area contributed by atoms with Crippen LogP contribution in [0.3, 0.4) is 0 Å². The van der Waals surface area contributed by atoms with E-state index in [1.54, 1.807) is 0 Å². The number of imidazole rings is 1. The Morgan fingerprint density at radius 2 is 1.73 bits per heavy atom. The number of thioether (sulfide) groups is 1. The topological polar surface area (TPSA) is 401 Å². The van der Waals surface area contributed by atoms with Crippen LogP contribution >= 0.6 is 35.2 Å². The van der Waals surface area contributed by atoms with Crippen LogP contribution in [0, 0.1) is 5.41 Å². The number of phosphoric acid groups is 3. The summed E-state index contributed by atoms with van der Waals surface area (Å²) in [6.45, 7) is 0.907. The van der Waals surface area contributed by atoms with Crippen molar-refractivity contribution in [2.75, 3.05) is 44.4 Å². The highest BCUT2D eigenvalue weighted by molar-refractivity contribution is 8.13. The Bertz CT molecular complexity index is 2050. The van der Waals surface area contributed by atoms with E-state index in [0.29, 0.717) is 0 Å². The number of Topliss-reactive ketones (excluding diaryl/α,β-unsaturated/α-hetero) is 1. The highest BCUT2D eigenvalue weighted by atomic mass is 32.2. The number of rotatable bonds is 24. The summed E-state index contributed by atoms with van der Waals surface area (Å²) >= 11 is 0.872. The van der Waals surface area contributed by atoms with E-state index >= 15 is 0 Å². The molecular formula is C32H48N7O19P3S-4. The van der Waals surface area contributed by atoms with Crippen molar-refractivity contribution in [2.24, 2.45) is 5.41 Å². The maximum atomic E-state index is 12.6. The third-order valence-corrected chi connectivity index (χ3v) is 13.5. The van der Waals surface area contributed by atoms with Gasteiger partial charge in [-0.2, -0.15) is 0 Å². The molecule has 1 saturated heterocycles. The van der Waals surface area contributed by atoms with Crippen LogP contribution in [0.1, 0.15) is 65.7 Å². The molecule has 2 fully saturated rings. The molecule has 3 heterocycles. The van der Waals surface area contributed by atoms with Gasteiger partial charge >= 0.3 is 0 Å². The molecule has 0 spiro atoms. The molecule has 0 radical (unpaired) electrons. The molecule has 6 N–H and O–H groups in total. The van der Waals surface area contributed by atoms with Crippen molar-refractivity contribution in [3.05, 3.63) is 12.7 Å². The number of phosphoric ester groups is 3. The zero-order valence-electron chi connectivity index (χ0n) is 33.7. The van der Waals surface area contributed by atoms with Gasteiger partial charge in [0.05, 0.1) is 39.9 Å². The lowest BCUT2D eigenvalue weighted by molar-refractivity contribution is -0.347. The van der Waals surface area contributed by atoms with Crippen molar-refractivity contribution in [3.63, 3.8) is 0 Å². The molecule has 26 nitrogen and oxygen atoms in total. The van der Waals surface area contributed by atoms with E-state index in [1.807, 2.05) is 0 Å². The summed E-state index contributed by atoms with van der Waals surface area (Å²) in [5.74, 6) is -1.80. The van der Waals surface area contributed by atoms with Crippen molar-refractivity contribution >= 4 is 74.9 Å². The number of ether oxygens (including phenoxy) is 2. The maximum Gasteiger partial charge on any atom is 0.274 e. The molecule has 2 aromatic heterocycles. The van der Waals surface area contributed by atoms with Crippen LogP contribution < -0.4 is 35.9 Å². The predicted molar refractivity (Wildman–Crippen MR) is 205 cm³/mol. The van der Waals surface area contributed by atoms with Gasteiger partial charge in [-0.25, -0.2) is 19.3 Å². The van der Waals surface area contributed by atoms with Gasteiger partial charge in [0, 0.05) is 30.7 Å². The van der Waals surface area contributed by atoms with Crippen molar-refractivity contribution in [2.45, 2.75) is 102 Å². The number of aromatic nitrogens is 4. The summed E-state index contributed by atoms with van der Waals surface area (Å²) in [4.78, 5) is 109. The Morgan fingerprint density at radius 1 is 1.05 bits per heavy atom. The van der Waals surface area contributed by atoms with Gasteiger partial charge in [-0.15, -0.1) is 0 Å². The van der Waals surface area contributed by atoms with Gasteiger partial charge in [0.15, 0.2) is 28.1 Å². The Hall–Kier alpha value is -2.81. The normalized spacial score (nSPS) is 23.7. The number of carbonyl (C=O) groups excluding carboxylic acids is 4. The number of nitrogen functional groups attached to an aromatic ring is 1. The molecule has 2 aliphatic rings. The van der Waals surface area contributed by atoms with Crippen LogP contribution in [0.4, 0.5) is 5.82 Å². The molecule has 7 atom stereocenters. The maximum absolute atomic E-state index is 12.6. The first-order valence-corrected chi connectivity index (χ1v) is 24.3. The molecule has 30 heteroatoms. The van der Waals surface area contributed by atoms with Gasteiger partial charge in [-0.05, 0) is 19.8 Å². The number of aliphatic hydroxyl groups is 2. The summed E-state index contributed by atoms with van der Waals surface area (Å²) < 4.78 is 66.8. The number of aliphatic hydroxyl groups excluding tert-OH is 2. The van der Waals surface area contributed by atoms with Gasteiger partial charge < -0.3 is 73.8 Å². The van der Waals surface area contributed by atoms with Gasteiger partial charge in [0.25, 0.3) is 15.6 Å². The Kier molecular flexibility index (Phi) is 18.3. The van der Waals surface area contributed by atoms with E-state index in [2.05, 4.69) is 43.5 Å². The predicted octanol–water partition coefficient (Wildman–Crippen LogP) is -2.38. The lowest BCUT2D eigenvalue weighted by atomic mass is 9.87. The summed E-state index contributed by atoms with van der Waals surface area (Å²) in [7, 11) is -17.7. The Balaban J connectivity index is 1.19. The molecule has 1 aliphatic heterocycles. The second-order valence-corrected chi connectivity index (χ2v) is 20.3. The van der Waals surface area contributed by atoms with Crippen molar-refractivity contribution in [3.8, 4) is 0 Å². The summed E-state index contributed by atoms with van der Waals surface area (Å²) in [5, 5.41) is 26.1. The minimum absolute atomic E-state index is 0.0284. The highest BCUT2D eigenvalue weighted by Crippen LogP contribution is 2.56. The molecular weight excluding hydrogens is 911 g/mol. The number of ketones is 1. The first-order valence-electron chi connectivity index (χ1n) is 19.0. The van der Waals surface area contributed by atoms with Gasteiger partial charge in [0.2, 0.25) is 11.8 Å². The second-order valence-electron chi connectivity index (χ2n) is 15.1. The third-order valence-electron chi connectivity index (χ3n) is 9.60. The van der Waals surface area contributed by atoms with Crippen molar-refractivity contribution < 1.29 is 90.0 Å². The zero-order chi connectivity index (χ0) is 46.1. The molecule has 62 heavy (non-hydrogen) atoms. The largest absolute Gasteiger partial charge is 0.790 e. The molecule has 7 unspecified atom stereocenters. The number of fused-ring (bicyclic) bond motifs is 1. The minimum Gasteiger partial charge on any atom is -0.790 e. The van der Waals surface area contributed by atoms with E-state index in [1.165, 1.54) is 20.8 Å². The number of hydrogen-bond donors (Lipinski definition) is 5. The number of nitrogens with zero attached hydrogens (tertiary/aromatic N) is 4. The van der Waals surface area contributed by atoms with Crippen LogP contribution in [-0.2, 0) is 66.0 Å². The lowest BCUT2D eigenvalue weighted by Crippen LogP contribution is -2.46. The second kappa shape index (κ2) is 21.9. The van der Waals surface area contributed by atoms with Gasteiger partial charge in [-0.1, -0.05) is 44.9 Å². The zero-order valence-corrected chi connectivity index (χ0v) is 37.2. The van der Waals surface area contributed by atoms with Gasteiger partial charge in [-0.3, -0.25) is 32.9 Å². The van der Waals surface area contributed by atoms with Crippen molar-refractivity contribution in [1.82, 2.24) is 30.2 Å². The third kappa shape index (κ3) is 15.1. The van der Waals surface area contributed by atoms with Crippen molar-refractivity contribution in [1.29, 1.82) is 0 Å². The number of nitrogens with two attached hydrogens (primary N) is 1. The molecule has 4 rings (SSSR count). The van der Waals surface area contributed by atoms with Crippen LogP contribution in [0.2, 0.25) is 0 Å². The summed E-state index contributed by atoms with van der Waals surface area (Å²) in [6, 6.07) is 0. The average molecular weight is 960 g/mol. The number of nitrogens with one attached hydrogen (secondary N) is 2. The van der Waals surface area contributed by atoms with E-state index in [9.17, 15) is 62.7 Å². The SMILES string of the molecule is CC(C)(COP(=O)([O-])OP(=O)([O-])OCC1OC(C)(n2cnc3c(N)ncnc32)C(O)C1OP(=O)([O-])[O-])C(O)C(=O)NCCC(=O)NCCSC(=O)CC(=O)COC1CCCCC1. The molecule has 1 aliphatic carbocycles. The number of amides is 2. The Labute approximate surface area is 358 Å². The van der Waals surface area contributed by atoms with Crippen LogP contribution in [0.15, 0.2) is 12.7 Å². The fraction of sp³-hybridized carbons (Fsp3) is 0.719. The van der Waals surface area contributed by atoms with Crippen LogP contribution in [0.25, 0.3) is 11.2 Å². The first kappa shape index (κ1) is 51.8. The molecule has 2 amide bonds. The standard InChI is InChI=1S/C32H52N7O19P3S/c1-31(2,27(44)30(45)35-10-9-22(41)34-11-12-62-23(42)13-19(40)14-53-20-7-5-4-6-8-20)16-55-61(51,52)58-60(49,50)54-15-21-25(57-59(46,47)48)26(43)32(3,56-21)39-18-38-24-28(33)36-17-37-29(24)39/h17-18,20-21,25-27,43-44H,4-16H2,1-3H3,(H,34,41)(H,35,45)(H,49,50)(H,51,52)(H2,33,36,37)(H2,46,47,48)/p-4. The highest BCUT2D eigenvalue weighted by Gasteiger charge is 2.55. The fourth-order valence-electron chi connectivity index (χ4n) is 6.29. The van der Waals surface area contributed by atoms with E-state index in [4.69, 9.17) is 15.2 Å². The quantitative estimate of drug-likeness (QED) is 0.0416. The molecule has 350 valence electrons. The molecule has 0 bridgehead atoms. The lowest BCUT2D eigenvalue weighted by Gasteiger charge is -2.36.